The van der Waals surface area contributed by atoms with Crippen molar-refractivity contribution in [1.82, 2.24) is 4.31 Å². The molecule has 1 fully saturated rings. The van der Waals surface area contributed by atoms with Gasteiger partial charge in [-0.2, -0.15) is 4.31 Å². The predicted molar refractivity (Wildman–Crippen MR) is 70.0 cm³/mol. The molecular weight excluding hydrogens is 293 g/mol. The zero-order chi connectivity index (χ0) is 14.0. The largest absolute Gasteiger partial charge is 0.396 e. The summed E-state index contributed by atoms with van der Waals surface area (Å²) in [4.78, 5) is -0.196. The molecule has 0 spiro atoms. The van der Waals surface area contributed by atoms with Crippen LogP contribution < -0.4 is 0 Å². The molecule has 0 bridgehead atoms. The molecule has 19 heavy (non-hydrogen) atoms. The predicted octanol–water partition coefficient (Wildman–Crippen LogP) is 1.87. The van der Waals surface area contributed by atoms with Gasteiger partial charge in [-0.3, -0.25) is 0 Å². The summed E-state index contributed by atoms with van der Waals surface area (Å²) in [6.07, 6.45) is 1.27. The molecule has 1 N–H and O–H groups in total. The fourth-order valence-corrected chi connectivity index (χ4v) is 4.26. The van der Waals surface area contributed by atoms with Gasteiger partial charge in [0, 0.05) is 19.7 Å². The SMILES string of the molecule is O=S(=O)(c1cc(F)ccc1Cl)N1CCC(CCO)C1. The molecule has 1 unspecified atom stereocenters. The standard InChI is InChI=1S/C12H15ClFNO3S/c13-11-2-1-10(14)7-12(11)19(17,18)15-5-3-9(8-15)4-6-16/h1-2,7,9,16H,3-6,8H2. The first-order chi connectivity index (χ1) is 8.95. The van der Waals surface area contributed by atoms with Crippen LogP contribution in [0.25, 0.3) is 0 Å². The lowest BCUT2D eigenvalue weighted by Crippen LogP contribution is -2.29. The Labute approximate surface area is 116 Å². The van der Waals surface area contributed by atoms with E-state index in [2.05, 4.69) is 0 Å². The maximum Gasteiger partial charge on any atom is 0.244 e. The molecule has 1 heterocycles. The Morgan fingerprint density at radius 3 is 2.89 bits per heavy atom. The Bertz CT molecular complexity index is 564. The van der Waals surface area contributed by atoms with E-state index in [4.69, 9.17) is 16.7 Å². The summed E-state index contributed by atoms with van der Waals surface area (Å²) in [7, 11) is -3.76. The smallest absolute Gasteiger partial charge is 0.244 e. The van der Waals surface area contributed by atoms with Crippen LogP contribution in [0.15, 0.2) is 23.1 Å². The molecule has 0 aromatic heterocycles. The quantitative estimate of drug-likeness (QED) is 0.924. The summed E-state index contributed by atoms with van der Waals surface area (Å²) >= 11 is 5.84. The molecule has 0 radical (unpaired) electrons. The second kappa shape index (κ2) is 5.75. The van der Waals surface area contributed by atoms with Crippen molar-refractivity contribution in [3.8, 4) is 0 Å². The summed E-state index contributed by atoms with van der Waals surface area (Å²) in [5, 5.41) is 8.89. The zero-order valence-electron chi connectivity index (χ0n) is 10.2. The van der Waals surface area contributed by atoms with Crippen molar-refractivity contribution < 1.29 is 17.9 Å². The Morgan fingerprint density at radius 1 is 1.47 bits per heavy atom. The maximum atomic E-state index is 13.2. The van der Waals surface area contributed by atoms with E-state index in [-0.39, 0.29) is 22.4 Å². The van der Waals surface area contributed by atoms with Gasteiger partial charge in [-0.25, -0.2) is 12.8 Å². The molecule has 2 rings (SSSR count). The highest BCUT2D eigenvalue weighted by atomic mass is 35.5. The lowest BCUT2D eigenvalue weighted by atomic mass is 10.1. The molecule has 0 amide bonds. The molecule has 0 aliphatic carbocycles. The Balaban J connectivity index is 2.26. The third kappa shape index (κ3) is 3.08. The fourth-order valence-electron chi connectivity index (χ4n) is 2.25. The minimum Gasteiger partial charge on any atom is -0.396 e. The average Bonchev–Trinajstić information content (AvgIpc) is 2.82. The van der Waals surface area contributed by atoms with E-state index in [1.807, 2.05) is 0 Å². The molecular formula is C12H15ClFNO3S. The fraction of sp³-hybridized carbons (Fsp3) is 0.500. The third-order valence-electron chi connectivity index (χ3n) is 3.30. The van der Waals surface area contributed by atoms with E-state index in [0.717, 1.165) is 12.1 Å². The molecule has 1 aromatic rings. The van der Waals surface area contributed by atoms with Crippen molar-refractivity contribution in [2.45, 2.75) is 17.7 Å². The van der Waals surface area contributed by atoms with Crippen molar-refractivity contribution in [1.29, 1.82) is 0 Å². The highest BCUT2D eigenvalue weighted by Crippen LogP contribution is 2.30. The molecule has 7 heteroatoms. The van der Waals surface area contributed by atoms with Crippen LogP contribution in [0.2, 0.25) is 5.02 Å². The van der Waals surface area contributed by atoms with E-state index in [1.54, 1.807) is 0 Å². The first-order valence-corrected chi connectivity index (χ1v) is 7.83. The number of rotatable bonds is 4. The summed E-state index contributed by atoms with van der Waals surface area (Å²) < 4.78 is 39.2. The van der Waals surface area contributed by atoms with Crippen LogP contribution >= 0.6 is 11.6 Å². The molecule has 1 aromatic carbocycles. The van der Waals surface area contributed by atoms with Gasteiger partial charge in [0.25, 0.3) is 0 Å². The zero-order valence-corrected chi connectivity index (χ0v) is 11.8. The van der Waals surface area contributed by atoms with E-state index in [0.29, 0.717) is 25.9 Å². The van der Waals surface area contributed by atoms with Crippen LogP contribution in [0.4, 0.5) is 4.39 Å². The lowest BCUT2D eigenvalue weighted by Gasteiger charge is -2.17. The van der Waals surface area contributed by atoms with Gasteiger partial charge in [-0.05, 0) is 37.0 Å². The van der Waals surface area contributed by atoms with Crippen molar-refractivity contribution >= 4 is 21.6 Å². The lowest BCUT2D eigenvalue weighted by molar-refractivity contribution is 0.259. The van der Waals surface area contributed by atoms with Gasteiger partial charge in [-0.15, -0.1) is 0 Å². The highest BCUT2D eigenvalue weighted by Gasteiger charge is 2.33. The van der Waals surface area contributed by atoms with Crippen molar-refractivity contribution in [2.24, 2.45) is 5.92 Å². The normalized spacial score (nSPS) is 20.9. The Kier molecular flexibility index (Phi) is 4.45. The van der Waals surface area contributed by atoms with Crippen molar-refractivity contribution in [3.05, 3.63) is 29.0 Å². The molecule has 1 saturated heterocycles. The Morgan fingerprint density at radius 2 is 2.21 bits per heavy atom. The van der Waals surface area contributed by atoms with Crippen molar-refractivity contribution in [3.63, 3.8) is 0 Å². The van der Waals surface area contributed by atoms with Crippen LogP contribution in [0.1, 0.15) is 12.8 Å². The van der Waals surface area contributed by atoms with E-state index < -0.39 is 15.8 Å². The number of nitrogens with zero attached hydrogens (tertiary/aromatic N) is 1. The maximum absolute atomic E-state index is 13.2. The third-order valence-corrected chi connectivity index (χ3v) is 5.64. The van der Waals surface area contributed by atoms with Crippen LogP contribution in [-0.4, -0.2) is 37.5 Å². The number of aliphatic hydroxyl groups excluding tert-OH is 1. The van der Waals surface area contributed by atoms with Crippen molar-refractivity contribution in [2.75, 3.05) is 19.7 Å². The molecule has 1 aliphatic rings. The van der Waals surface area contributed by atoms with Gasteiger partial charge in [-0.1, -0.05) is 11.6 Å². The second-order valence-corrected chi connectivity index (χ2v) is 6.92. The van der Waals surface area contributed by atoms with Crippen LogP contribution in [0.3, 0.4) is 0 Å². The average molecular weight is 308 g/mol. The first kappa shape index (κ1) is 14.7. The molecule has 0 saturated carbocycles. The van der Waals surface area contributed by atoms with Gasteiger partial charge in [0.05, 0.1) is 5.02 Å². The number of sulfonamides is 1. The summed E-state index contributed by atoms with van der Waals surface area (Å²) in [6.45, 7) is 0.759. The molecule has 4 nitrogen and oxygen atoms in total. The van der Waals surface area contributed by atoms with Gasteiger partial charge >= 0.3 is 0 Å². The summed E-state index contributed by atoms with van der Waals surface area (Å²) in [5.41, 5.74) is 0. The van der Waals surface area contributed by atoms with Crippen LogP contribution in [0.5, 0.6) is 0 Å². The molecule has 1 atom stereocenters. The van der Waals surface area contributed by atoms with Gasteiger partial charge in [0.1, 0.15) is 10.7 Å². The Hall–Kier alpha value is -0.690. The van der Waals surface area contributed by atoms with Crippen LogP contribution in [0, 0.1) is 11.7 Å². The van der Waals surface area contributed by atoms with Gasteiger partial charge in [0.2, 0.25) is 10.0 Å². The number of benzene rings is 1. The van der Waals surface area contributed by atoms with E-state index in [9.17, 15) is 12.8 Å². The minimum absolute atomic E-state index is 0.0204. The second-order valence-electron chi connectivity index (χ2n) is 4.60. The monoisotopic (exact) mass is 307 g/mol. The summed E-state index contributed by atoms with van der Waals surface area (Å²) in [6, 6.07) is 3.31. The number of aliphatic hydroxyl groups is 1. The number of halogens is 2. The number of hydrogen-bond acceptors (Lipinski definition) is 3. The van der Waals surface area contributed by atoms with Gasteiger partial charge < -0.3 is 5.11 Å². The summed E-state index contributed by atoms with van der Waals surface area (Å²) in [5.74, 6) is -0.485. The van der Waals surface area contributed by atoms with Gasteiger partial charge in [0.15, 0.2) is 0 Å². The topological polar surface area (TPSA) is 57.6 Å². The number of hydrogen-bond donors (Lipinski definition) is 1. The highest BCUT2D eigenvalue weighted by molar-refractivity contribution is 7.89. The van der Waals surface area contributed by atoms with E-state index >= 15 is 0 Å². The van der Waals surface area contributed by atoms with E-state index in [1.165, 1.54) is 10.4 Å². The molecule has 1 aliphatic heterocycles. The van der Waals surface area contributed by atoms with Crippen LogP contribution in [-0.2, 0) is 10.0 Å². The minimum atomic E-state index is -3.76. The molecule has 106 valence electrons. The first-order valence-electron chi connectivity index (χ1n) is 6.01.